The van der Waals surface area contributed by atoms with Gasteiger partial charge in [0.1, 0.15) is 0 Å². The summed E-state index contributed by atoms with van der Waals surface area (Å²) in [4.78, 5) is 16.8. The second kappa shape index (κ2) is 7.44. The Labute approximate surface area is 154 Å². The summed E-state index contributed by atoms with van der Waals surface area (Å²) in [6, 6.07) is 24.8. The number of carbonyl (C=O) groups is 1. The fourth-order valence-corrected chi connectivity index (χ4v) is 3.49. The Morgan fingerprint density at radius 3 is 2.27 bits per heavy atom. The van der Waals surface area contributed by atoms with Crippen LogP contribution in [0.2, 0.25) is 0 Å². The van der Waals surface area contributed by atoms with Crippen molar-refractivity contribution in [3.8, 4) is 0 Å². The summed E-state index contributed by atoms with van der Waals surface area (Å²) in [7, 11) is 0. The first-order valence-corrected chi connectivity index (χ1v) is 9.06. The lowest BCUT2D eigenvalue weighted by Gasteiger charge is -2.35. The number of hydrogen-bond donors (Lipinski definition) is 0. The molecule has 3 nitrogen and oxygen atoms in total. The number of amides is 1. The van der Waals surface area contributed by atoms with E-state index in [1.54, 1.807) is 6.08 Å². The van der Waals surface area contributed by atoms with E-state index in [2.05, 4.69) is 53.4 Å². The minimum Gasteiger partial charge on any atom is -0.368 e. The summed E-state index contributed by atoms with van der Waals surface area (Å²) in [6.45, 7) is 3.26. The van der Waals surface area contributed by atoms with E-state index < -0.39 is 0 Å². The molecule has 0 N–H and O–H groups in total. The van der Waals surface area contributed by atoms with Gasteiger partial charge in [0.15, 0.2) is 0 Å². The van der Waals surface area contributed by atoms with Gasteiger partial charge < -0.3 is 9.80 Å². The highest BCUT2D eigenvalue weighted by atomic mass is 16.2. The van der Waals surface area contributed by atoms with Crippen molar-refractivity contribution in [1.82, 2.24) is 4.90 Å². The normalized spacial score (nSPS) is 14.9. The van der Waals surface area contributed by atoms with E-state index in [1.807, 2.05) is 35.2 Å². The zero-order valence-corrected chi connectivity index (χ0v) is 14.7. The molecule has 4 rings (SSSR count). The first-order chi connectivity index (χ1) is 12.8. The summed E-state index contributed by atoms with van der Waals surface area (Å²) in [6.07, 6.45) is 3.65. The van der Waals surface area contributed by atoms with Crippen LogP contribution in [0.3, 0.4) is 0 Å². The van der Waals surface area contributed by atoms with Crippen LogP contribution < -0.4 is 4.90 Å². The first kappa shape index (κ1) is 16.4. The van der Waals surface area contributed by atoms with Gasteiger partial charge in [-0.1, -0.05) is 60.7 Å². The first-order valence-electron chi connectivity index (χ1n) is 9.06. The minimum absolute atomic E-state index is 0.0886. The second-order valence-corrected chi connectivity index (χ2v) is 6.55. The molecule has 0 unspecified atom stereocenters. The van der Waals surface area contributed by atoms with E-state index in [9.17, 15) is 4.79 Å². The molecule has 3 aromatic rings. The van der Waals surface area contributed by atoms with Gasteiger partial charge in [0.2, 0.25) is 5.91 Å². The third kappa shape index (κ3) is 3.47. The summed E-state index contributed by atoms with van der Waals surface area (Å²) in [5, 5.41) is 2.37. The molecule has 0 aliphatic carbocycles. The van der Waals surface area contributed by atoms with Gasteiger partial charge in [-0.25, -0.2) is 0 Å². The maximum atomic E-state index is 12.6. The van der Waals surface area contributed by atoms with E-state index in [4.69, 9.17) is 0 Å². The zero-order valence-electron chi connectivity index (χ0n) is 14.7. The van der Waals surface area contributed by atoms with Crippen LogP contribution >= 0.6 is 0 Å². The number of fused-ring (bicyclic) bond motifs is 1. The molecule has 1 aliphatic rings. The Balaban J connectivity index is 1.42. The molecule has 0 atom stereocenters. The number of benzene rings is 3. The average Bonchev–Trinajstić information content (AvgIpc) is 2.73. The molecular formula is C23H22N2O. The average molecular weight is 342 g/mol. The van der Waals surface area contributed by atoms with Gasteiger partial charge in [-0.3, -0.25) is 4.79 Å². The zero-order chi connectivity index (χ0) is 17.8. The Hall–Kier alpha value is -3.07. The number of para-hydroxylation sites is 1. The van der Waals surface area contributed by atoms with E-state index in [1.165, 1.54) is 16.5 Å². The lowest BCUT2D eigenvalue weighted by atomic mass is 10.0. The minimum atomic E-state index is 0.0886. The molecule has 0 saturated carbocycles. The van der Waals surface area contributed by atoms with Crippen molar-refractivity contribution in [1.29, 1.82) is 0 Å². The Morgan fingerprint density at radius 2 is 1.46 bits per heavy atom. The summed E-state index contributed by atoms with van der Waals surface area (Å²) < 4.78 is 0. The van der Waals surface area contributed by atoms with E-state index in [0.29, 0.717) is 0 Å². The number of nitrogens with zero attached hydrogens (tertiary/aromatic N) is 2. The number of hydrogen-bond acceptors (Lipinski definition) is 2. The van der Waals surface area contributed by atoms with Crippen molar-refractivity contribution in [2.24, 2.45) is 0 Å². The molecule has 3 aromatic carbocycles. The van der Waals surface area contributed by atoms with Crippen molar-refractivity contribution in [3.05, 3.63) is 84.4 Å². The van der Waals surface area contributed by atoms with Crippen LogP contribution in [0.5, 0.6) is 0 Å². The molecule has 0 aromatic heterocycles. The number of rotatable bonds is 3. The Bertz CT molecular complexity index is 920. The number of anilines is 1. The lowest BCUT2D eigenvalue weighted by Crippen LogP contribution is -2.48. The van der Waals surface area contributed by atoms with Crippen LogP contribution in [0.1, 0.15) is 5.56 Å². The van der Waals surface area contributed by atoms with E-state index in [-0.39, 0.29) is 5.91 Å². The molecule has 0 radical (unpaired) electrons. The van der Waals surface area contributed by atoms with Crippen LogP contribution in [0, 0.1) is 0 Å². The van der Waals surface area contributed by atoms with Crippen molar-refractivity contribution < 1.29 is 4.79 Å². The molecule has 1 saturated heterocycles. The van der Waals surface area contributed by atoms with Gasteiger partial charge in [-0.15, -0.1) is 0 Å². The van der Waals surface area contributed by atoms with Crippen LogP contribution in [0.25, 0.3) is 16.8 Å². The third-order valence-corrected chi connectivity index (χ3v) is 4.94. The molecule has 0 bridgehead atoms. The van der Waals surface area contributed by atoms with Gasteiger partial charge >= 0.3 is 0 Å². The van der Waals surface area contributed by atoms with E-state index >= 15 is 0 Å². The van der Waals surface area contributed by atoms with Crippen molar-refractivity contribution in [2.45, 2.75) is 0 Å². The summed E-state index contributed by atoms with van der Waals surface area (Å²) in [5.74, 6) is 0.0886. The molecule has 3 heteroatoms. The maximum Gasteiger partial charge on any atom is 0.246 e. The van der Waals surface area contributed by atoms with Gasteiger partial charge in [0, 0.05) is 37.9 Å². The fourth-order valence-electron chi connectivity index (χ4n) is 3.49. The highest BCUT2D eigenvalue weighted by molar-refractivity contribution is 5.96. The number of carbonyl (C=O) groups excluding carboxylic acids is 1. The smallest absolute Gasteiger partial charge is 0.246 e. The molecule has 1 amide bonds. The predicted molar refractivity (Wildman–Crippen MR) is 108 cm³/mol. The second-order valence-electron chi connectivity index (χ2n) is 6.55. The molecular weight excluding hydrogens is 320 g/mol. The topological polar surface area (TPSA) is 23.6 Å². The van der Waals surface area contributed by atoms with Crippen molar-refractivity contribution >= 4 is 28.4 Å². The molecule has 26 heavy (non-hydrogen) atoms. The van der Waals surface area contributed by atoms with Crippen LogP contribution in [-0.2, 0) is 4.79 Å². The maximum absolute atomic E-state index is 12.6. The van der Waals surface area contributed by atoms with E-state index in [0.717, 1.165) is 31.7 Å². The predicted octanol–water partition coefficient (Wildman–Crippen LogP) is 4.20. The number of piperazine rings is 1. The molecule has 1 fully saturated rings. The van der Waals surface area contributed by atoms with Crippen LogP contribution in [0.15, 0.2) is 78.9 Å². The van der Waals surface area contributed by atoms with Crippen molar-refractivity contribution in [3.63, 3.8) is 0 Å². The summed E-state index contributed by atoms with van der Waals surface area (Å²) in [5.41, 5.74) is 2.31. The highest BCUT2D eigenvalue weighted by Crippen LogP contribution is 2.20. The molecule has 1 heterocycles. The van der Waals surface area contributed by atoms with Gasteiger partial charge in [0.05, 0.1) is 0 Å². The largest absolute Gasteiger partial charge is 0.368 e. The van der Waals surface area contributed by atoms with Crippen molar-refractivity contribution in [2.75, 3.05) is 31.1 Å². The quantitative estimate of drug-likeness (QED) is 0.666. The van der Waals surface area contributed by atoms with Crippen LogP contribution in [-0.4, -0.2) is 37.0 Å². The highest BCUT2D eigenvalue weighted by Gasteiger charge is 2.19. The lowest BCUT2D eigenvalue weighted by molar-refractivity contribution is -0.126. The van der Waals surface area contributed by atoms with Gasteiger partial charge in [-0.05, 0) is 34.5 Å². The third-order valence-electron chi connectivity index (χ3n) is 4.94. The fraction of sp³-hybridized carbons (Fsp3) is 0.174. The Morgan fingerprint density at radius 1 is 0.769 bits per heavy atom. The SMILES string of the molecule is O=C(C=Cc1cccc2ccccc12)N1CCN(c2ccccc2)CC1. The molecule has 0 spiro atoms. The summed E-state index contributed by atoms with van der Waals surface area (Å²) >= 11 is 0. The monoisotopic (exact) mass is 342 g/mol. The van der Waals surface area contributed by atoms with Gasteiger partial charge in [-0.2, -0.15) is 0 Å². The molecule has 1 aliphatic heterocycles. The Kier molecular flexibility index (Phi) is 4.69. The van der Waals surface area contributed by atoms with Gasteiger partial charge in [0.25, 0.3) is 0 Å². The van der Waals surface area contributed by atoms with Crippen LogP contribution in [0.4, 0.5) is 5.69 Å². The molecule has 130 valence electrons. The standard InChI is InChI=1S/C23H22N2O/c26-23(14-13-20-9-6-8-19-7-4-5-12-22(19)20)25-17-15-24(16-18-25)21-10-2-1-3-11-21/h1-14H,15-18H2.